The van der Waals surface area contributed by atoms with Crippen LogP contribution >= 0.6 is 0 Å². The first-order valence-electron chi connectivity index (χ1n) is 8.28. The van der Waals surface area contributed by atoms with Crippen LogP contribution in [0.1, 0.15) is 64.7 Å². The van der Waals surface area contributed by atoms with Gasteiger partial charge in [-0.3, -0.25) is 0 Å². The van der Waals surface area contributed by atoms with E-state index in [9.17, 15) is 0 Å². The average molecular weight is 252 g/mol. The third kappa shape index (κ3) is 5.27. The fourth-order valence-corrected chi connectivity index (χ4v) is 3.56. The SMILES string of the molecule is CC1CCCC(NCCCC2CCCNC2)CC1. The molecule has 1 aliphatic heterocycles. The summed E-state index contributed by atoms with van der Waals surface area (Å²) in [6.07, 6.45) is 12.8. The summed E-state index contributed by atoms with van der Waals surface area (Å²) in [5.74, 6) is 1.92. The molecule has 0 aromatic rings. The van der Waals surface area contributed by atoms with E-state index < -0.39 is 0 Å². The highest BCUT2D eigenvalue weighted by Gasteiger charge is 2.16. The molecule has 1 saturated heterocycles. The van der Waals surface area contributed by atoms with Gasteiger partial charge < -0.3 is 10.6 Å². The van der Waals surface area contributed by atoms with Gasteiger partial charge in [-0.05, 0) is 76.4 Å². The van der Waals surface area contributed by atoms with Gasteiger partial charge in [-0.15, -0.1) is 0 Å². The molecule has 2 fully saturated rings. The summed E-state index contributed by atoms with van der Waals surface area (Å²) in [7, 11) is 0. The van der Waals surface area contributed by atoms with Crippen molar-refractivity contribution in [2.45, 2.75) is 70.8 Å². The Morgan fingerprint density at radius 2 is 2.00 bits per heavy atom. The molecule has 2 aliphatic rings. The fraction of sp³-hybridized carbons (Fsp3) is 1.00. The summed E-state index contributed by atoms with van der Waals surface area (Å²) >= 11 is 0. The summed E-state index contributed by atoms with van der Waals surface area (Å²) in [5.41, 5.74) is 0. The smallest absolute Gasteiger partial charge is 0.00671 e. The van der Waals surface area contributed by atoms with Gasteiger partial charge in [0.25, 0.3) is 0 Å². The first kappa shape index (κ1) is 14.3. The van der Waals surface area contributed by atoms with Gasteiger partial charge in [-0.25, -0.2) is 0 Å². The van der Waals surface area contributed by atoms with Crippen molar-refractivity contribution < 1.29 is 0 Å². The van der Waals surface area contributed by atoms with Crippen LogP contribution in [0.3, 0.4) is 0 Å². The van der Waals surface area contributed by atoms with Crippen LogP contribution < -0.4 is 10.6 Å². The molecule has 106 valence electrons. The molecule has 0 bridgehead atoms. The zero-order valence-corrected chi connectivity index (χ0v) is 12.2. The minimum absolute atomic E-state index is 0.819. The fourth-order valence-electron chi connectivity index (χ4n) is 3.56. The van der Waals surface area contributed by atoms with Crippen LogP contribution in [0.2, 0.25) is 0 Å². The third-order valence-electron chi connectivity index (χ3n) is 4.88. The molecule has 0 aromatic carbocycles. The van der Waals surface area contributed by atoms with Crippen molar-refractivity contribution >= 4 is 0 Å². The lowest BCUT2D eigenvalue weighted by Crippen LogP contribution is -2.32. The summed E-state index contributed by atoms with van der Waals surface area (Å²) in [6.45, 7) is 6.17. The lowest BCUT2D eigenvalue weighted by atomic mass is 9.94. The maximum absolute atomic E-state index is 3.80. The van der Waals surface area contributed by atoms with E-state index in [1.54, 1.807) is 0 Å². The van der Waals surface area contributed by atoms with Crippen molar-refractivity contribution in [3.05, 3.63) is 0 Å². The van der Waals surface area contributed by atoms with Gasteiger partial charge in [-0.2, -0.15) is 0 Å². The van der Waals surface area contributed by atoms with Crippen LogP contribution in [-0.4, -0.2) is 25.7 Å². The molecule has 18 heavy (non-hydrogen) atoms. The zero-order valence-electron chi connectivity index (χ0n) is 12.2. The Kier molecular flexibility index (Phi) is 6.50. The Labute approximate surface area is 113 Å². The molecule has 1 saturated carbocycles. The maximum Gasteiger partial charge on any atom is 0.00671 e. The van der Waals surface area contributed by atoms with Gasteiger partial charge in [0.2, 0.25) is 0 Å². The summed E-state index contributed by atoms with van der Waals surface area (Å²) in [4.78, 5) is 0. The molecule has 2 rings (SSSR count). The molecular formula is C16H32N2. The molecule has 1 heterocycles. The van der Waals surface area contributed by atoms with Gasteiger partial charge in [0, 0.05) is 6.04 Å². The van der Waals surface area contributed by atoms with Crippen LogP contribution in [0, 0.1) is 11.8 Å². The van der Waals surface area contributed by atoms with E-state index in [0.29, 0.717) is 0 Å². The number of piperidine rings is 1. The quantitative estimate of drug-likeness (QED) is 0.579. The summed E-state index contributed by atoms with van der Waals surface area (Å²) in [6, 6.07) is 0.819. The van der Waals surface area contributed by atoms with Gasteiger partial charge >= 0.3 is 0 Å². The second-order valence-electron chi connectivity index (χ2n) is 6.62. The van der Waals surface area contributed by atoms with E-state index in [2.05, 4.69) is 17.6 Å². The zero-order chi connectivity index (χ0) is 12.6. The second-order valence-corrected chi connectivity index (χ2v) is 6.62. The molecule has 0 spiro atoms. The minimum Gasteiger partial charge on any atom is -0.316 e. The summed E-state index contributed by atoms with van der Waals surface area (Å²) < 4.78 is 0. The number of hydrogen-bond donors (Lipinski definition) is 2. The number of hydrogen-bond acceptors (Lipinski definition) is 2. The first-order chi connectivity index (χ1) is 8.84. The topological polar surface area (TPSA) is 24.1 Å². The maximum atomic E-state index is 3.80. The van der Waals surface area contributed by atoms with Crippen molar-refractivity contribution in [1.29, 1.82) is 0 Å². The van der Waals surface area contributed by atoms with Crippen molar-refractivity contribution in [3.63, 3.8) is 0 Å². The van der Waals surface area contributed by atoms with E-state index in [1.807, 2.05) is 0 Å². The van der Waals surface area contributed by atoms with E-state index in [4.69, 9.17) is 0 Å². The molecule has 0 amide bonds. The Morgan fingerprint density at radius 1 is 1.06 bits per heavy atom. The summed E-state index contributed by atoms with van der Waals surface area (Å²) in [5, 5.41) is 7.32. The Balaban J connectivity index is 1.51. The first-order valence-corrected chi connectivity index (χ1v) is 8.28. The van der Waals surface area contributed by atoms with E-state index in [1.165, 1.54) is 77.4 Å². The minimum atomic E-state index is 0.819. The largest absolute Gasteiger partial charge is 0.316 e. The van der Waals surface area contributed by atoms with Crippen LogP contribution in [0.5, 0.6) is 0 Å². The van der Waals surface area contributed by atoms with Gasteiger partial charge in [0.15, 0.2) is 0 Å². The molecular weight excluding hydrogens is 220 g/mol. The normalized spacial score (nSPS) is 34.2. The van der Waals surface area contributed by atoms with Crippen molar-refractivity contribution in [3.8, 4) is 0 Å². The van der Waals surface area contributed by atoms with Crippen LogP contribution in [-0.2, 0) is 0 Å². The lowest BCUT2D eigenvalue weighted by molar-refractivity contribution is 0.342. The Morgan fingerprint density at radius 3 is 2.83 bits per heavy atom. The predicted molar refractivity (Wildman–Crippen MR) is 78.9 cm³/mol. The third-order valence-corrected chi connectivity index (χ3v) is 4.88. The van der Waals surface area contributed by atoms with Crippen LogP contribution in [0.25, 0.3) is 0 Å². The molecule has 0 radical (unpaired) electrons. The van der Waals surface area contributed by atoms with Crippen molar-refractivity contribution in [2.24, 2.45) is 11.8 Å². The van der Waals surface area contributed by atoms with Crippen molar-refractivity contribution in [2.75, 3.05) is 19.6 Å². The van der Waals surface area contributed by atoms with Gasteiger partial charge in [-0.1, -0.05) is 19.8 Å². The molecule has 3 atom stereocenters. The highest BCUT2D eigenvalue weighted by atomic mass is 14.9. The highest BCUT2D eigenvalue weighted by molar-refractivity contribution is 4.74. The Hall–Kier alpha value is -0.0800. The van der Waals surface area contributed by atoms with E-state index in [0.717, 1.165) is 17.9 Å². The van der Waals surface area contributed by atoms with Crippen LogP contribution in [0.15, 0.2) is 0 Å². The average Bonchev–Trinajstić information content (AvgIpc) is 2.61. The highest BCUT2D eigenvalue weighted by Crippen LogP contribution is 2.22. The Bertz CT molecular complexity index is 211. The molecule has 2 heteroatoms. The number of rotatable bonds is 5. The van der Waals surface area contributed by atoms with Crippen molar-refractivity contribution in [1.82, 2.24) is 10.6 Å². The monoisotopic (exact) mass is 252 g/mol. The molecule has 1 aliphatic carbocycles. The molecule has 2 N–H and O–H groups in total. The predicted octanol–water partition coefficient (Wildman–Crippen LogP) is 3.32. The van der Waals surface area contributed by atoms with E-state index >= 15 is 0 Å². The van der Waals surface area contributed by atoms with Crippen LogP contribution in [0.4, 0.5) is 0 Å². The molecule has 0 aromatic heterocycles. The molecule has 3 unspecified atom stereocenters. The second kappa shape index (κ2) is 8.16. The lowest BCUT2D eigenvalue weighted by Gasteiger charge is -2.23. The van der Waals surface area contributed by atoms with Gasteiger partial charge in [0.1, 0.15) is 0 Å². The number of nitrogens with one attached hydrogen (secondary N) is 2. The van der Waals surface area contributed by atoms with E-state index in [-0.39, 0.29) is 0 Å². The molecule has 2 nitrogen and oxygen atoms in total. The van der Waals surface area contributed by atoms with Gasteiger partial charge in [0.05, 0.1) is 0 Å². The standard InChI is InChI=1S/C16H32N2/c1-14-5-2-8-16(10-9-14)18-12-4-7-15-6-3-11-17-13-15/h14-18H,2-13H2,1H3.